The van der Waals surface area contributed by atoms with Gasteiger partial charge in [-0.25, -0.2) is 0 Å². The van der Waals surface area contributed by atoms with Gasteiger partial charge in [0.15, 0.2) is 0 Å². The molecule has 0 saturated carbocycles. The summed E-state index contributed by atoms with van der Waals surface area (Å²) in [5.41, 5.74) is 6.75. The number of hydrogen-bond donors (Lipinski definition) is 2. The third-order valence-corrected chi connectivity index (χ3v) is 1.23. The summed E-state index contributed by atoms with van der Waals surface area (Å²) in [6.07, 6.45) is 0. The maximum absolute atomic E-state index is 4.85. The maximum Gasteiger partial charge on any atom is 0.112 e. The topological polar surface area (TPSA) is 67.6 Å². The van der Waals surface area contributed by atoms with E-state index >= 15 is 0 Å². The van der Waals surface area contributed by atoms with E-state index in [0.29, 0.717) is 0 Å². The Morgan fingerprint density at radius 3 is 2.75 bits per heavy atom. The normalized spacial score (nSPS) is 9.17. The van der Waals surface area contributed by atoms with Gasteiger partial charge in [-0.2, -0.15) is 0 Å². The number of nitrogens with one attached hydrogen (secondary N) is 1. The molecule has 1 aromatic heterocycles. The predicted octanol–water partition coefficient (Wildman–Crippen LogP) is 0.923. The van der Waals surface area contributed by atoms with Crippen LogP contribution in [0.1, 0.15) is 6.92 Å². The van der Waals surface area contributed by atoms with E-state index < -0.39 is 0 Å². The molecule has 12 heavy (non-hydrogen) atoms. The molecule has 0 radical (unpaired) electrons. The van der Waals surface area contributed by atoms with Crippen LogP contribution < -0.4 is 5.73 Å². The van der Waals surface area contributed by atoms with Gasteiger partial charge in [0.25, 0.3) is 0 Å². The highest BCUT2D eigenvalue weighted by molar-refractivity contribution is 5.72. The number of rotatable bonds is 0. The fourth-order valence-electron chi connectivity index (χ4n) is 0.788. The van der Waals surface area contributed by atoms with Gasteiger partial charge >= 0.3 is 0 Å². The number of hydrogen-bond acceptors (Lipinski definition) is 3. The molecular formula is C8H12N4. The predicted molar refractivity (Wildman–Crippen MR) is 48.6 cm³/mol. The first-order chi connectivity index (χ1) is 5.88. The summed E-state index contributed by atoms with van der Waals surface area (Å²) in [4.78, 5) is 0. The smallest absolute Gasteiger partial charge is 0.112 e. The van der Waals surface area contributed by atoms with Crippen LogP contribution in [-0.2, 0) is 0 Å². The molecule has 2 aromatic rings. The Hall–Kier alpha value is -1.42. The number of aromatic nitrogens is 3. The summed E-state index contributed by atoms with van der Waals surface area (Å²) in [5.74, 6) is 0. The van der Waals surface area contributed by atoms with Crippen LogP contribution in [0.4, 0.5) is 0 Å². The Balaban J connectivity index is 0.000000213. The van der Waals surface area contributed by atoms with E-state index in [-0.39, 0.29) is 0 Å². The van der Waals surface area contributed by atoms with Crippen LogP contribution in [0.2, 0.25) is 0 Å². The third-order valence-electron chi connectivity index (χ3n) is 1.23. The fraction of sp³-hybridized carbons (Fsp3) is 0.250. The Morgan fingerprint density at radius 2 is 2.08 bits per heavy atom. The number of para-hydroxylation sites is 1. The van der Waals surface area contributed by atoms with Gasteiger partial charge in [0, 0.05) is 0 Å². The minimum absolute atomic E-state index is 0.750. The van der Waals surface area contributed by atoms with E-state index in [2.05, 4.69) is 15.4 Å². The number of benzene rings is 1. The largest absolute Gasteiger partial charge is 0.331 e. The van der Waals surface area contributed by atoms with E-state index in [1.165, 1.54) is 0 Å². The maximum atomic E-state index is 4.85. The lowest BCUT2D eigenvalue weighted by Crippen LogP contribution is -1.87. The molecule has 0 atom stereocenters. The summed E-state index contributed by atoms with van der Waals surface area (Å²) >= 11 is 0. The molecule has 0 aliphatic heterocycles. The molecule has 0 spiro atoms. The first kappa shape index (κ1) is 8.67. The van der Waals surface area contributed by atoms with Crippen molar-refractivity contribution in [3.63, 3.8) is 0 Å². The lowest BCUT2D eigenvalue weighted by molar-refractivity contribution is 0.959. The Labute approximate surface area is 70.8 Å². The van der Waals surface area contributed by atoms with Crippen molar-refractivity contribution in [1.29, 1.82) is 0 Å². The monoisotopic (exact) mass is 164 g/mol. The second kappa shape index (κ2) is 4.46. The summed E-state index contributed by atoms with van der Waals surface area (Å²) in [6.45, 7) is 2.65. The van der Waals surface area contributed by atoms with Crippen molar-refractivity contribution in [3.05, 3.63) is 24.3 Å². The summed E-state index contributed by atoms with van der Waals surface area (Å²) < 4.78 is 0. The second-order valence-corrected chi connectivity index (χ2v) is 2.24. The fourth-order valence-corrected chi connectivity index (χ4v) is 0.788. The molecule has 2 rings (SSSR count). The first-order valence-electron chi connectivity index (χ1n) is 3.84. The highest BCUT2D eigenvalue weighted by Crippen LogP contribution is 2.03. The highest BCUT2D eigenvalue weighted by Gasteiger charge is 1.90. The molecule has 4 nitrogen and oxygen atoms in total. The van der Waals surface area contributed by atoms with Gasteiger partial charge in [0.2, 0.25) is 0 Å². The van der Waals surface area contributed by atoms with Crippen LogP contribution in [0, 0.1) is 0 Å². The summed E-state index contributed by atoms with van der Waals surface area (Å²) in [7, 11) is 0. The zero-order chi connectivity index (χ0) is 8.81. The van der Waals surface area contributed by atoms with Gasteiger partial charge in [0.05, 0.1) is 5.52 Å². The van der Waals surface area contributed by atoms with Crippen LogP contribution in [0.5, 0.6) is 0 Å². The van der Waals surface area contributed by atoms with Crippen molar-refractivity contribution < 1.29 is 0 Å². The lowest BCUT2D eigenvalue weighted by atomic mass is 10.3. The quantitative estimate of drug-likeness (QED) is 0.608. The molecule has 4 heteroatoms. The zero-order valence-corrected chi connectivity index (χ0v) is 6.99. The van der Waals surface area contributed by atoms with Crippen molar-refractivity contribution in [3.8, 4) is 0 Å². The molecule has 0 aliphatic rings. The van der Waals surface area contributed by atoms with E-state index in [0.717, 1.165) is 17.6 Å². The second-order valence-electron chi connectivity index (χ2n) is 2.24. The molecule has 0 saturated heterocycles. The Kier molecular flexibility index (Phi) is 3.22. The SMILES string of the molecule is CCN.c1ccc2[nH]nnc2c1. The van der Waals surface area contributed by atoms with Crippen LogP contribution >= 0.6 is 0 Å². The summed E-state index contributed by atoms with van der Waals surface area (Å²) in [5, 5.41) is 10.2. The van der Waals surface area contributed by atoms with Crippen LogP contribution in [0.25, 0.3) is 11.0 Å². The molecule has 0 amide bonds. The average molecular weight is 164 g/mol. The average Bonchev–Trinajstić information content (AvgIpc) is 2.52. The number of nitrogens with two attached hydrogens (primary N) is 1. The zero-order valence-electron chi connectivity index (χ0n) is 6.99. The molecule has 0 unspecified atom stereocenters. The molecule has 1 heterocycles. The van der Waals surface area contributed by atoms with Crippen LogP contribution in [-0.4, -0.2) is 22.0 Å². The summed E-state index contributed by atoms with van der Waals surface area (Å²) in [6, 6.07) is 7.74. The minimum atomic E-state index is 0.750. The molecule has 64 valence electrons. The van der Waals surface area contributed by atoms with E-state index in [1.54, 1.807) is 0 Å². The molecule has 0 bridgehead atoms. The standard InChI is InChI=1S/C6H5N3.C2H7N/c1-2-4-6-5(3-1)7-9-8-6;1-2-3/h1-4H,(H,7,8,9);2-3H2,1H3. The minimum Gasteiger partial charge on any atom is -0.331 e. The number of fused-ring (bicyclic) bond motifs is 1. The van der Waals surface area contributed by atoms with Gasteiger partial charge in [-0.3, -0.25) is 5.10 Å². The van der Waals surface area contributed by atoms with Crippen molar-refractivity contribution >= 4 is 11.0 Å². The lowest BCUT2D eigenvalue weighted by Gasteiger charge is -1.79. The van der Waals surface area contributed by atoms with Crippen molar-refractivity contribution in [2.45, 2.75) is 6.92 Å². The van der Waals surface area contributed by atoms with Gasteiger partial charge in [0.1, 0.15) is 5.52 Å². The number of aromatic amines is 1. The molecular weight excluding hydrogens is 152 g/mol. The van der Waals surface area contributed by atoms with Crippen molar-refractivity contribution in [2.75, 3.05) is 6.54 Å². The van der Waals surface area contributed by atoms with Gasteiger partial charge in [-0.1, -0.05) is 24.3 Å². The van der Waals surface area contributed by atoms with E-state index in [9.17, 15) is 0 Å². The van der Waals surface area contributed by atoms with Crippen LogP contribution in [0.15, 0.2) is 24.3 Å². The number of nitrogens with zero attached hydrogens (tertiary/aromatic N) is 2. The van der Waals surface area contributed by atoms with Crippen molar-refractivity contribution in [2.24, 2.45) is 5.73 Å². The van der Waals surface area contributed by atoms with E-state index in [1.807, 2.05) is 31.2 Å². The Bertz CT molecular complexity index is 298. The van der Waals surface area contributed by atoms with Gasteiger partial charge in [-0.05, 0) is 18.7 Å². The number of H-pyrrole nitrogens is 1. The molecule has 1 aromatic carbocycles. The third kappa shape index (κ3) is 2.03. The van der Waals surface area contributed by atoms with Gasteiger partial charge < -0.3 is 5.73 Å². The molecule has 3 N–H and O–H groups in total. The first-order valence-corrected chi connectivity index (χ1v) is 3.84. The van der Waals surface area contributed by atoms with Gasteiger partial charge in [-0.15, -0.1) is 5.10 Å². The van der Waals surface area contributed by atoms with Crippen LogP contribution in [0.3, 0.4) is 0 Å². The molecule has 0 fully saturated rings. The van der Waals surface area contributed by atoms with E-state index in [4.69, 9.17) is 5.73 Å². The Morgan fingerprint density at radius 1 is 1.42 bits per heavy atom. The highest BCUT2D eigenvalue weighted by atomic mass is 15.3. The van der Waals surface area contributed by atoms with Crippen molar-refractivity contribution in [1.82, 2.24) is 15.4 Å². The molecule has 0 aliphatic carbocycles.